The molecule has 1 aliphatic carbocycles. The lowest BCUT2D eigenvalue weighted by atomic mass is 9.64. The number of carbonyl (C=O) groups is 2. The smallest absolute Gasteiger partial charge is 0.407 e. The average molecular weight is 497 g/mol. The van der Waals surface area contributed by atoms with Crippen LogP contribution in [0.5, 0.6) is 0 Å². The van der Waals surface area contributed by atoms with Gasteiger partial charge in [-0.05, 0) is 66.8 Å². The SMILES string of the molecule is O=C(O)N1C[C@@H](C(=O)N2CCC(c3ccccc3)CC2)[C@@]2(CCCc3cc(Br)ccc32)C1. The van der Waals surface area contributed by atoms with Crippen LogP contribution in [0, 0.1) is 5.92 Å². The molecule has 1 N–H and O–H groups in total. The predicted molar refractivity (Wildman–Crippen MR) is 127 cm³/mol. The first-order valence-corrected chi connectivity index (χ1v) is 12.4. The molecule has 2 aliphatic heterocycles. The molecule has 0 radical (unpaired) electrons. The molecule has 0 bridgehead atoms. The summed E-state index contributed by atoms with van der Waals surface area (Å²) >= 11 is 3.57. The molecule has 1 spiro atoms. The second kappa shape index (κ2) is 8.54. The van der Waals surface area contributed by atoms with Crippen molar-refractivity contribution in [3.63, 3.8) is 0 Å². The Morgan fingerprint density at radius 3 is 2.50 bits per heavy atom. The van der Waals surface area contributed by atoms with E-state index in [1.807, 2.05) is 17.0 Å². The second-order valence-electron chi connectivity index (χ2n) is 9.54. The third kappa shape index (κ3) is 3.72. The van der Waals surface area contributed by atoms with E-state index < -0.39 is 11.5 Å². The second-order valence-corrected chi connectivity index (χ2v) is 10.5. The summed E-state index contributed by atoms with van der Waals surface area (Å²) in [5.74, 6) is 0.309. The van der Waals surface area contributed by atoms with Crippen LogP contribution in [0.1, 0.15) is 48.3 Å². The Labute approximate surface area is 197 Å². The highest BCUT2D eigenvalue weighted by atomic mass is 79.9. The number of amides is 2. The zero-order valence-corrected chi connectivity index (χ0v) is 19.8. The van der Waals surface area contributed by atoms with Crippen molar-refractivity contribution < 1.29 is 14.7 Å². The fourth-order valence-corrected chi connectivity index (χ4v) is 6.67. The molecule has 5 rings (SSSR count). The molecule has 3 aliphatic rings. The number of likely N-dealkylation sites (tertiary alicyclic amines) is 2. The van der Waals surface area contributed by atoms with Gasteiger partial charge in [0, 0.05) is 36.1 Å². The van der Waals surface area contributed by atoms with Crippen LogP contribution in [0.3, 0.4) is 0 Å². The lowest BCUT2D eigenvalue weighted by Crippen LogP contribution is -2.49. The number of fused-ring (bicyclic) bond motifs is 2. The number of aryl methyl sites for hydroxylation is 1. The van der Waals surface area contributed by atoms with E-state index in [9.17, 15) is 14.7 Å². The molecule has 2 fully saturated rings. The van der Waals surface area contributed by atoms with E-state index in [1.54, 1.807) is 0 Å². The van der Waals surface area contributed by atoms with E-state index in [0.29, 0.717) is 19.0 Å². The van der Waals surface area contributed by atoms with Crippen molar-refractivity contribution >= 4 is 27.9 Å². The fraction of sp³-hybridized carbons (Fsp3) is 0.462. The summed E-state index contributed by atoms with van der Waals surface area (Å²) < 4.78 is 1.03. The van der Waals surface area contributed by atoms with Crippen molar-refractivity contribution in [2.75, 3.05) is 26.2 Å². The minimum atomic E-state index is -0.924. The number of carbonyl (C=O) groups excluding carboxylic acids is 1. The van der Waals surface area contributed by atoms with Gasteiger partial charge in [-0.25, -0.2) is 4.79 Å². The van der Waals surface area contributed by atoms with Gasteiger partial charge in [-0.3, -0.25) is 4.79 Å². The zero-order valence-electron chi connectivity index (χ0n) is 18.2. The molecule has 2 atom stereocenters. The van der Waals surface area contributed by atoms with E-state index in [-0.39, 0.29) is 11.8 Å². The lowest BCUT2D eigenvalue weighted by molar-refractivity contribution is -0.138. The van der Waals surface area contributed by atoms with E-state index >= 15 is 0 Å². The number of carboxylic acid groups (broad SMARTS) is 1. The summed E-state index contributed by atoms with van der Waals surface area (Å²) in [6, 6.07) is 16.8. The van der Waals surface area contributed by atoms with Crippen molar-refractivity contribution in [2.24, 2.45) is 5.92 Å². The van der Waals surface area contributed by atoms with Crippen LogP contribution in [0.4, 0.5) is 4.79 Å². The summed E-state index contributed by atoms with van der Waals surface area (Å²) in [6.45, 7) is 2.19. The van der Waals surface area contributed by atoms with Crippen LogP contribution in [0.2, 0.25) is 0 Å². The highest BCUT2D eigenvalue weighted by Crippen LogP contribution is 2.49. The molecule has 2 aromatic carbocycles. The summed E-state index contributed by atoms with van der Waals surface area (Å²) in [7, 11) is 0. The Morgan fingerprint density at radius 1 is 1.03 bits per heavy atom. The van der Waals surface area contributed by atoms with Crippen molar-refractivity contribution in [3.8, 4) is 0 Å². The molecule has 168 valence electrons. The molecule has 2 amide bonds. The maximum absolute atomic E-state index is 13.9. The number of rotatable bonds is 2. The molecular formula is C26H29BrN2O3. The van der Waals surface area contributed by atoms with Crippen LogP contribution >= 0.6 is 15.9 Å². The monoisotopic (exact) mass is 496 g/mol. The fourth-order valence-electron chi connectivity index (χ4n) is 6.26. The first-order chi connectivity index (χ1) is 15.5. The molecule has 2 aromatic rings. The molecule has 2 heterocycles. The van der Waals surface area contributed by atoms with Gasteiger partial charge >= 0.3 is 6.09 Å². The van der Waals surface area contributed by atoms with Gasteiger partial charge < -0.3 is 14.9 Å². The normalized spacial score (nSPS) is 25.7. The molecule has 5 nitrogen and oxygen atoms in total. The van der Waals surface area contributed by atoms with Crippen molar-refractivity contribution in [1.82, 2.24) is 9.80 Å². The third-order valence-corrected chi connectivity index (χ3v) is 8.36. The van der Waals surface area contributed by atoms with Crippen LogP contribution in [-0.2, 0) is 16.6 Å². The quantitative estimate of drug-likeness (QED) is 0.633. The minimum absolute atomic E-state index is 0.135. The van der Waals surface area contributed by atoms with Crippen molar-refractivity contribution in [2.45, 2.75) is 43.4 Å². The highest BCUT2D eigenvalue weighted by Gasteiger charge is 2.54. The number of piperidine rings is 1. The Kier molecular flexibility index (Phi) is 5.74. The van der Waals surface area contributed by atoms with Crippen LogP contribution in [0.25, 0.3) is 0 Å². The molecule has 2 saturated heterocycles. The van der Waals surface area contributed by atoms with E-state index in [0.717, 1.165) is 49.7 Å². The number of hydrogen-bond acceptors (Lipinski definition) is 2. The van der Waals surface area contributed by atoms with Gasteiger partial charge in [0.25, 0.3) is 0 Å². The Hall–Kier alpha value is -2.34. The zero-order chi connectivity index (χ0) is 22.3. The summed E-state index contributed by atoms with van der Waals surface area (Å²) in [5, 5.41) is 9.78. The van der Waals surface area contributed by atoms with Crippen molar-refractivity contribution in [1.29, 1.82) is 0 Å². The summed E-state index contributed by atoms with van der Waals surface area (Å²) in [4.78, 5) is 29.3. The van der Waals surface area contributed by atoms with Gasteiger partial charge in [0.05, 0.1) is 5.92 Å². The van der Waals surface area contributed by atoms with E-state index in [2.05, 4.69) is 52.3 Å². The van der Waals surface area contributed by atoms with Gasteiger partial charge in [0.2, 0.25) is 5.91 Å². The minimum Gasteiger partial charge on any atom is -0.465 e. The maximum atomic E-state index is 13.9. The lowest BCUT2D eigenvalue weighted by Gasteiger charge is -2.42. The molecule has 32 heavy (non-hydrogen) atoms. The number of nitrogens with zero attached hydrogens (tertiary/aromatic N) is 2. The van der Waals surface area contributed by atoms with E-state index in [1.165, 1.54) is 21.6 Å². The number of hydrogen-bond donors (Lipinski definition) is 1. The third-order valence-electron chi connectivity index (χ3n) is 7.86. The predicted octanol–water partition coefficient (Wildman–Crippen LogP) is 5.04. The van der Waals surface area contributed by atoms with Crippen LogP contribution < -0.4 is 0 Å². The standard InChI is InChI=1S/C26H29BrN2O3/c27-21-8-9-22-20(15-21)7-4-12-26(22)17-29(25(31)32)16-23(26)24(30)28-13-10-19(11-14-28)18-5-2-1-3-6-18/h1-3,5-6,8-9,15,19,23H,4,7,10-14,16-17H2,(H,31,32)/t23-,26-/m0/s1. The molecule has 0 saturated carbocycles. The van der Waals surface area contributed by atoms with Gasteiger partial charge in [-0.1, -0.05) is 52.3 Å². The van der Waals surface area contributed by atoms with Gasteiger partial charge in [0.1, 0.15) is 0 Å². The number of halogens is 1. The van der Waals surface area contributed by atoms with Crippen LogP contribution in [0.15, 0.2) is 53.0 Å². The largest absolute Gasteiger partial charge is 0.465 e. The molecule has 6 heteroatoms. The van der Waals surface area contributed by atoms with Crippen LogP contribution in [-0.4, -0.2) is 53.1 Å². The maximum Gasteiger partial charge on any atom is 0.407 e. The Balaban J connectivity index is 1.41. The van der Waals surface area contributed by atoms with Crippen molar-refractivity contribution in [3.05, 3.63) is 69.7 Å². The first-order valence-electron chi connectivity index (χ1n) is 11.6. The first kappa shape index (κ1) is 21.5. The average Bonchev–Trinajstić information content (AvgIpc) is 3.19. The van der Waals surface area contributed by atoms with Gasteiger partial charge in [-0.2, -0.15) is 0 Å². The molecule has 0 aromatic heterocycles. The molecular weight excluding hydrogens is 468 g/mol. The summed E-state index contributed by atoms with van der Waals surface area (Å²) in [5.41, 5.74) is 3.35. The Morgan fingerprint density at radius 2 is 1.78 bits per heavy atom. The molecule has 0 unspecified atom stereocenters. The number of benzene rings is 2. The van der Waals surface area contributed by atoms with Gasteiger partial charge in [0.15, 0.2) is 0 Å². The summed E-state index contributed by atoms with van der Waals surface area (Å²) in [6.07, 6.45) is 3.82. The Bertz CT molecular complexity index is 1020. The highest BCUT2D eigenvalue weighted by molar-refractivity contribution is 9.10. The van der Waals surface area contributed by atoms with Gasteiger partial charge in [-0.15, -0.1) is 0 Å². The topological polar surface area (TPSA) is 60.9 Å². The van der Waals surface area contributed by atoms with E-state index in [4.69, 9.17) is 0 Å².